The number of nitrogens with zero attached hydrogens (tertiary/aromatic N) is 2. The zero-order valence-corrected chi connectivity index (χ0v) is 11.5. The van der Waals surface area contributed by atoms with Crippen molar-refractivity contribution in [3.8, 4) is 0 Å². The highest BCUT2D eigenvalue weighted by Crippen LogP contribution is 2.30. The normalized spacial score (nSPS) is 11.1. The lowest BCUT2D eigenvalue weighted by atomic mass is 10.3. The number of aryl methyl sites for hydroxylation is 2. The van der Waals surface area contributed by atoms with Gasteiger partial charge in [0.05, 0.1) is 0 Å². The molecule has 2 N–H and O–H groups in total. The van der Waals surface area contributed by atoms with Crippen molar-refractivity contribution < 1.29 is 4.42 Å². The molecule has 3 aromatic rings. The van der Waals surface area contributed by atoms with Crippen LogP contribution in [0.4, 0.5) is 5.69 Å². The van der Waals surface area contributed by atoms with E-state index < -0.39 is 0 Å². The minimum absolute atomic E-state index is 0.582. The Morgan fingerprint density at radius 3 is 2.74 bits per heavy atom. The summed E-state index contributed by atoms with van der Waals surface area (Å²) in [6, 6.07) is 9.50. The number of anilines is 1. The number of oxazole rings is 1. The highest BCUT2D eigenvalue weighted by Gasteiger charge is 2.09. The Labute approximate surface area is 115 Å². The Morgan fingerprint density at radius 1 is 1.11 bits per heavy atom. The van der Waals surface area contributed by atoms with E-state index >= 15 is 0 Å². The second-order valence-corrected chi connectivity index (χ2v) is 5.40. The minimum Gasteiger partial charge on any atom is -0.431 e. The van der Waals surface area contributed by atoms with Crippen molar-refractivity contribution in [3.05, 3.63) is 41.6 Å². The zero-order chi connectivity index (χ0) is 13.4. The molecule has 0 bridgehead atoms. The predicted octanol–water partition coefficient (Wildman–Crippen LogP) is 3.57. The molecule has 3 rings (SSSR count). The maximum absolute atomic E-state index is 5.72. The van der Waals surface area contributed by atoms with E-state index in [1.165, 1.54) is 17.3 Å². The number of fused-ring (bicyclic) bond motifs is 1. The summed E-state index contributed by atoms with van der Waals surface area (Å²) in [5.41, 5.74) is 10.1. The quantitative estimate of drug-likeness (QED) is 0.722. The summed E-state index contributed by atoms with van der Waals surface area (Å²) >= 11 is 1.42. The topological polar surface area (TPSA) is 64.9 Å². The Balaban J connectivity index is 1.96. The van der Waals surface area contributed by atoms with Crippen LogP contribution in [0.15, 0.2) is 45.0 Å². The van der Waals surface area contributed by atoms with Gasteiger partial charge in [-0.25, -0.2) is 9.97 Å². The van der Waals surface area contributed by atoms with Crippen molar-refractivity contribution >= 4 is 28.5 Å². The minimum atomic E-state index is 0.582. The second-order valence-electron chi connectivity index (χ2n) is 4.43. The number of hydrogen-bond acceptors (Lipinski definition) is 5. The van der Waals surface area contributed by atoms with Gasteiger partial charge < -0.3 is 10.2 Å². The lowest BCUT2D eigenvalue weighted by Crippen LogP contribution is -1.86. The fourth-order valence-electron chi connectivity index (χ4n) is 1.91. The highest BCUT2D eigenvalue weighted by molar-refractivity contribution is 7.99. The van der Waals surface area contributed by atoms with E-state index in [2.05, 4.69) is 9.97 Å². The van der Waals surface area contributed by atoms with Gasteiger partial charge in [0.25, 0.3) is 5.22 Å². The van der Waals surface area contributed by atoms with Crippen LogP contribution >= 0.6 is 11.8 Å². The van der Waals surface area contributed by atoms with Crippen molar-refractivity contribution in [1.82, 2.24) is 9.97 Å². The number of hydrogen-bond donors (Lipinski definition) is 1. The van der Waals surface area contributed by atoms with E-state index in [9.17, 15) is 0 Å². The van der Waals surface area contributed by atoms with E-state index in [-0.39, 0.29) is 0 Å². The molecule has 0 fully saturated rings. The van der Waals surface area contributed by atoms with Gasteiger partial charge >= 0.3 is 0 Å². The van der Waals surface area contributed by atoms with Gasteiger partial charge in [0, 0.05) is 17.4 Å². The smallest absolute Gasteiger partial charge is 0.263 e. The van der Waals surface area contributed by atoms with Crippen molar-refractivity contribution in [2.45, 2.75) is 24.1 Å². The number of benzene rings is 1. The number of aromatic nitrogens is 2. The Bertz CT molecular complexity index is 731. The van der Waals surface area contributed by atoms with Crippen molar-refractivity contribution in [3.63, 3.8) is 0 Å². The Kier molecular flexibility index (Phi) is 2.91. The van der Waals surface area contributed by atoms with Crippen LogP contribution in [-0.4, -0.2) is 9.97 Å². The molecule has 0 spiro atoms. The average Bonchev–Trinajstić information content (AvgIpc) is 2.68. The summed E-state index contributed by atoms with van der Waals surface area (Å²) in [6.07, 6.45) is 0. The fraction of sp³-hybridized carbons (Fsp3) is 0.143. The molecule has 4 nitrogen and oxygen atoms in total. The number of pyridine rings is 1. The van der Waals surface area contributed by atoms with Crippen molar-refractivity contribution in [2.24, 2.45) is 0 Å². The van der Waals surface area contributed by atoms with Gasteiger partial charge in [-0.1, -0.05) is 0 Å². The van der Waals surface area contributed by atoms with Crippen LogP contribution in [0.1, 0.15) is 11.3 Å². The highest BCUT2D eigenvalue weighted by atomic mass is 32.2. The van der Waals surface area contributed by atoms with Crippen LogP contribution in [0.2, 0.25) is 0 Å². The lowest BCUT2D eigenvalue weighted by Gasteiger charge is -2.00. The standard InChI is InChI=1S/C14H13N3OS/c1-8-5-9(2)16-13(6-8)19-14-17-11-4-3-10(15)7-12(11)18-14/h3-7H,15H2,1-2H3. The Hall–Kier alpha value is -2.01. The molecule has 1 aromatic carbocycles. The maximum atomic E-state index is 5.72. The summed E-state index contributed by atoms with van der Waals surface area (Å²) in [4.78, 5) is 8.86. The fourth-order valence-corrected chi connectivity index (χ4v) is 2.80. The van der Waals surface area contributed by atoms with Crippen LogP contribution in [0.3, 0.4) is 0 Å². The van der Waals surface area contributed by atoms with E-state index in [1.54, 1.807) is 6.07 Å². The van der Waals surface area contributed by atoms with Gasteiger partial charge in [-0.05, 0) is 55.4 Å². The molecular weight excluding hydrogens is 258 g/mol. The molecule has 0 aliphatic carbocycles. The molecule has 96 valence electrons. The van der Waals surface area contributed by atoms with Gasteiger partial charge in [0.15, 0.2) is 5.58 Å². The molecule has 0 amide bonds. The molecule has 5 heteroatoms. The molecule has 0 saturated heterocycles. The second kappa shape index (κ2) is 4.59. The first-order chi connectivity index (χ1) is 9.10. The van der Waals surface area contributed by atoms with Crippen molar-refractivity contribution in [2.75, 3.05) is 5.73 Å². The maximum Gasteiger partial charge on any atom is 0.263 e. The first kappa shape index (κ1) is 12.0. The monoisotopic (exact) mass is 271 g/mol. The third-order valence-corrected chi connectivity index (χ3v) is 3.43. The van der Waals surface area contributed by atoms with Crippen molar-refractivity contribution in [1.29, 1.82) is 0 Å². The molecule has 0 unspecified atom stereocenters. The zero-order valence-electron chi connectivity index (χ0n) is 10.7. The first-order valence-corrected chi connectivity index (χ1v) is 6.71. The number of nitrogen functional groups attached to an aromatic ring is 1. The van der Waals surface area contributed by atoms with Crippen LogP contribution < -0.4 is 5.73 Å². The lowest BCUT2D eigenvalue weighted by molar-refractivity contribution is 0.489. The summed E-state index contributed by atoms with van der Waals surface area (Å²) in [5, 5.41) is 1.47. The Morgan fingerprint density at radius 2 is 1.95 bits per heavy atom. The third-order valence-electron chi connectivity index (χ3n) is 2.66. The number of rotatable bonds is 2. The van der Waals surface area contributed by atoms with Gasteiger partial charge in [0.2, 0.25) is 0 Å². The molecule has 0 radical (unpaired) electrons. The van der Waals surface area contributed by atoms with Gasteiger partial charge in [0.1, 0.15) is 10.5 Å². The number of nitrogens with two attached hydrogens (primary N) is 1. The molecule has 19 heavy (non-hydrogen) atoms. The van der Waals surface area contributed by atoms with E-state index in [0.29, 0.717) is 16.5 Å². The van der Waals surface area contributed by atoms with Gasteiger partial charge in [-0.2, -0.15) is 0 Å². The summed E-state index contributed by atoms with van der Waals surface area (Å²) < 4.78 is 5.66. The molecule has 0 atom stereocenters. The van der Waals surface area contributed by atoms with E-state index in [0.717, 1.165) is 16.2 Å². The SMILES string of the molecule is Cc1cc(C)nc(Sc2nc3ccc(N)cc3o2)c1. The van der Waals surface area contributed by atoms with Crippen LogP contribution in [-0.2, 0) is 0 Å². The largest absolute Gasteiger partial charge is 0.431 e. The molecule has 2 heterocycles. The molecule has 2 aromatic heterocycles. The van der Waals surface area contributed by atoms with Gasteiger partial charge in [-0.15, -0.1) is 0 Å². The summed E-state index contributed by atoms with van der Waals surface area (Å²) in [5.74, 6) is 0. The first-order valence-electron chi connectivity index (χ1n) is 5.89. The summed E-state index contributed by atoms with van der Waals surface area (Å²) in [6.45, 7) is 4.02. The molecular formula is C14H13N3OS. The van der Waals surface area contributed by atoms with Crippen LogP contribution in [0, 0.1) is 13.8 Å². The molecule has 0 aliphatic heterocycles. The van der Waals surface area contributed by atoms with Crippen LogP contribution in [0.25, 0.3) is 11.1 Å². The van der Waals surface area contributed by atoms with E-state index in [4.69, 9.17) is 10.2 Å². The van der Waals surface area contributed by atoms with Gasteiger partial charge in [-0.3, -0.25) is 0 Å². The average molecular weight is 271 g/mol. The predicted molar refractivity (Wildman–Crippen MR) is 76.3 cm³/mol. The van der Waals surface area contributed by atoms with E-state index in [1.807, 2.05) is 38.1 Å². The molecule has 0 saturated carbocycles. The molecule has 0 aliphatic rings. The van der Waals surface area contributed by atoms with Crippen LogP contribution in [0.5, 0.6) is 0 Å². The summed E-state index contributed by atoms with van der Waals surface area (Å²) in [7, 11) is 0. The third kappa shape index (κ3) is 2.56.